The second-order valence-electron chi connectivity index (χ2n) is 4.75. The fraction of sp³-hybridized carbons (Fsp3) is 0.250. The Labute approximate surface area is 128 Å². The highest BCUT2D eigenvalue weighted by Gasteiger charge is 2.06. The summed E-state index contributed by atoms with van der Waals surface area (Å²) in [7, 11) is 0. The Balaban J connectivity index is 2.02. The predicted octanol–water partition coefficient (Wildman–Crippen LogP) is 5.26. The molecule has 1 nitrogen and oxygen atoms in total. The van der Waals surface area contributed by atoms with Crippen LogP contribution in [0, 0.1) is 6.92 Å². The Morgan fingerprint density at radius 2 is 2.00 bits per heavy atom. The minimum absolute atomic E-state index is 0.287. The van der Waals surface area contributed by atoms with E-state index in [1.165, 1.54) is 11.1 Å². The molecule has 2 aromatic carbocycles. The van der Waals surface area contributed by atoms with Gasteiger partial charge in [-0.05, 0) is 48.7 Å². The van der Waals surface area contributed by atoms with Gasteiger partial charge in [0.1, 0.15) is 0 Å². The van der Waals surface area contributed by atoms with Crippen LogP contribution in [0.3, 0.4) is 0 Å². The zero-order valence-corrected chi connectivity index (χ0v) is 13.4. The van der Waals surface area contributed by atoms with E-state index in [2.05, 4.69) is 58.5 Å². The van der Waals surface area contributed by atoms with Gasteiger partial charge >= 0.3 is 0 Å². The molecule has 0 unspecified atom stereocenters. The molecular weight excluding hydrogens is 322 g/mol. The maximum absolute atomic E-state index is 6.24. The SMILES string of the molecule is Cc1ccc(CN[C@H](C)c2cccc(Br)c2)c(Cl)c1. The molecule has 1 atom stereocenters. The number of rotatable bonds is 4. The highest BCUT2D eigenvalue weighted by molar-refractivity contribution is 9.10. The molecule has 0 fully saturated rings. The number of halogens is 2. The molecule has 0 aliphatic heterocycles. The van der Waals surface area contributed by atoms with Crippen molar-refractivity contribution in [3.8, 4) is 0 Å². The minimum atomic E-state index is 0.287. The van der Waals surface area contributed by atoms with Crippen LogP contribution in [0.25, 0.3) is 0 Å². The van der Waals surface area contributed by atoms with Crippen molar-refractivity contribution in [1.82, 2.24) is 5.32 Å². The van der Waals surface area contributed by atoms with Crippen LogP contribution in [0.4, 0.5) is 0 Å². The molecule has 0 aliphatic carbocycles. The van der Waals surface area contributed by atoms with Gasteiger partial charge < -0.3 is 5.32 Å². The maximum atomic E-state index is 6.24. The minimum Gasteiger partial charge on any atom is -0.306 e. The molecule has 100 valence electrons. The van der Waals surface area contributed by atoms with Gasteiger partial charge in [0.15, 0.2) is 0 Å². The molecule has 0 aromatic heterocycles. The third kappa shape index (κ3) is 4.07. The Morgan fingerprint density at radius 3 is 2.68 bits per heavy atom. The summed E-state index contributed by atoms with van der Waals surface area (Å²) in [5, 5.41) is 4.33. The van der Waals surface area contributed by atoms with E-state index < -0.39 is 0 Å². The second-order valence-corrected chi connectivity index (χ2v) is 6.08. The highest BCUT2D eigenvalue weighted by atomic mass is 79.9. The van der Waals surface area contributed by atoms with E-state index >= 15 is 0 Å². The summed E-state index contributed by atoms with van der Waals surface area (Å²) < 4.78 is 1.10. The Bertz CT molecular complexity index is 568. The zero-order valence-electron chi connectivity index (χ0n) is 11.1. The molecule has 2 aromatic rings. The molecule has 19 heavy (non-hydrogen) atoms. The van der Waals surface area contributed by atoms with Crippen LogP contribution in [0.15, 0.2) is 46.9 Å². The van der Waals surface area contributed by atoms with E-state index in [0.29, 0.717) is 0 Å². The van der Waals surface area contributed by atoms with Crippen molar-refractivity contribution >= 4 is 27.5 Å². The highest BCUT2D eigenvalue weighted by Crippen LogP contribution is 2.21. The first kappa shape index (κ1) is 14.6. The molecule has 0 saturated heterocycles. The summed E-state index contributed by atoms with van der Waals surface area (Å²) in [6.07, 6.45) is 0. The van der Waals surface area contributed by atoms with Gasteiger partial charge in [0.05, 0.1) is 0 Å². The van der Waals surface area contributed by atoms with Crippen LogP contribution in [-0.2, 0) is 6.54 Å². The molecule has 1 N–H and O–H groups in total. The number of nitrogens with one attached hydrogen (secondary N) is 1. The third-order valence-corrected chi connectivity index (χ3v) is 4.00. The van der Waals surface area contributed by atoms with E-state index in [-0.39, 0.29) is 6.04 Å². The van der Waals surface area contributed by atoms with Crippen molar-refractivity contribution in [3.63, 3.8) is 0 Å². The first-order valence-electron chi connectivity index (χ1n) is 6.30. The largest absolute Gasteiger partial charge is 0.306 e. The van der Waals surface area contributed by atoms with E-state index in [4.69, 9.17) is 11.6 Å². The van der Waals surface area contributed by atoms with Crippen LogP contribution >= 0.6 is 27.5 Å². The lowest BCUT2D eigenvalue weighted by molar-refractivity contribution is 0.574. The van der Waals surface area contributed by atoms with Crippen molar-refractivity contribution in [1.29, 1.82) is 0 Å². The van der Waals surface area contributed by atoms with Gasteiger partial charge in [0.2, 0.25) is 0 Å². The Kier molecular flexibility index (Phi) is 5.03. The van der Waals surface area contributed by atoms with Gasteiger partial charge in [0, 0.05) is 22.1 Å². The number of hydrogen-bond donors (Lipinski definition) is 1. The molecule has 0 saturated carbocycles. The molecule has 0 amide bonds. The molecule has 0 bridgehead atoms. The molecule has 0 heterocycles. The summed E-state index contributed by atoms with van der Waals surface area (Å²) in [5.74, 6) is 0. The Hall–Kier alpha value is -0.830. The first-order chi connectivity index (χ1) is 9.06. The molecule has 0 radical (unpaired) electrons. The van der Waals surface area contributed by atoms with Gasteiger partial charge in [-0.1, -0.05) is 51.8 Å². The van der Waals surface area contributed by atoms with Gasteiger partial charge in [-0.2, -0.15) is 0 Å². The van der Waals surface area contributed by atoms with E-state index in [1.54, 1.807) is 0 Å². The smallest absolute Gasteiger partial charge is 0.0453 e. The summed E-state index contributed by atoms with van der Waals surface area (Å²) in [5.41, 5.74) is 3.58. The van der Waals surface area contributed by atoms with Crippen LogP contribution < -0.4 is 5.32 Å². The topological polar surface area (TPSA) is 12.0 Å². The van der Waals surface area contributed by atoms with Gasteiger partial charge in [-0.3, -0.25) is 0 Å². The van der Waals surface area contributed by atoms with Crippen molar-refractivity contribution in [2.24, 2.45) is 0 Å². The lowest BCUT2D eigenvalue weighted by Crippen LogP contribution is -2.18. The lowest BCUT2D eigenvalue weighted by atomic mass is 10.1. The standard InChI is InChI=1S/C16H17BrClN/c1-11-6-7-14(16(18)8-11)10-19-12(2)13-4-3-5-15(17)9-13/h3-9,12,19H,10H2,1-2H3/t12-/m1/s1. The maximum Gasteiger partial charge on any atom is 0.0453 e. The summed E-state index contributed by atoms with van der Waals surface area (Å²) >= 11 is 9.73. The second kappa shape index (κ2) is 6.56. The number of hydrogen-bond acceptors (Lipinski definition) is 1. The quantitative estimate of drug-likeness (QED) is 0.801. The molecule has 0 aliphatic rings. The predicted molar refractivity (Wildman–Crippen MR) is 85.6 cm³/mol. The third-order valence-electron chi connectivity index (χ3n) is 3.16. The Morgan fingerprint density at radius 1 is 1.21 bits per heavy atom. The van der Waals surface area contributed by atoms with Crippen LogP contribution in [0.2, 0.25) is 5.02 Å². The van der Waals surface area contributed by atoms with Crippen LogP contribution in [-0.4, -0.2) is 0 Å². The average Bonchev–Trinajstić information content (AvgIpc) is 2.37. The van der Waals surface area contributed by atoms with E-state index in [9.17, 15) is 0 Å². The summed E-state index contributed by atoms with van der Waals surface area (Å²) in [6, 6.07) is 14.8. The summed E-state index contributed by atoms with van der Waals surface area (Å²) in [4.78, 5) is 0. The first-order valence-corrected chi connectivity index (χ1v) is 7.47. The summed E-state index contributed by atoms with van der Waals surface area (Å²) in [6.45, 7) is 4.98. The number of benzene rings is 2. The number of aryl methyl sites for hydroxylation is 1. The van der Waals surface area contributed by atoms with Gasteiger partial charge in [-0.25, -0.2) is 0 Å². The van der Waals surface area contributed by atoms with Crippen molar-refractivity contribution < 1.29 is 0 Å². The zero-order chi connectivity index (χ0) is 13.8. The molecule has 2 rings (SSSR count). The van der Waals surface area contributed by atoms with E-state index in [0.717, 1.165) is 21.6 Å². The lowest BCUT2D eigenvalue weighted by Gasteiger charge is -2.15. The van der Waals surface area contributed by atoms with Gasteiger partial charge in [0.25, 0.3) is 0 Å². The molecular formula is C16H17BrClN. The molecule has 3 heteroatoms. The van der Waals surface area contributed by atoms with Crippen molar-refractivity contribution in [2.45, 2.75) is 26.4 Å². The van der Waals surface area contributed by atoms with Crippen LogP contribution in [0.1, 0.15) is 29.7 Å². The van der Waals surface area contributed by atoms with Gasteiger partial charge in [-0.15, -0.1) is 0 Å². The average molecular weight is 339 g/mol. The van der Waals surface area contributed by atoms with E-state index in [1.807, 2.05) is 19.1 Å². The monoisotopic (exact) mass is 337 g/mol. The fourth-order valence-electron chi connectivity index (χ4n) is 1.95. The van der Waals surface area contributed by atoms with Crippen molar-refractivity contribution in [2.75, 3.05) is 0 Å². The van der Waals surface area contributed by atoms with Crippen molar-refractivity contribution in [3.05, 3.63) is 68.7 Å². The van der Waals surface area contributed by atoms with Crippen LogP contribution in [0.5, 0.6) is 0 Å². The molecule has 0 spiro atoms. The fourth-order valence-corrected chi connectivity index (χ4v) is 2.67. The normalized spacial score (nSPS) is 12.4.